The number of fused-ring (bicyclic) bond motifs is 1. The standard InChI is InChI=1S/C24H27N5O4/c1-15(16-7-9-18(10-8-16)29-12-4-6-20(29)25)27-23(32)24(2,33)21(30)22(31)28-13-17-5-3-11-26-19(17)14-28/h3-12,15,21,30,33H,13-14,25H2,1-2H3,(H,27,32)/t15-,21+,24-/m1/s1. The van der Waals surface area contributed by atoms with Crippen LogP contribution in [0.15, 0.2) is 60.9 Å². The molecule has 9 heteroatoms. The molecule has 1 aliphatic rings. The highest BCUT2D eigenvalue weighted by Crippen LogP contribution is 2.24. The number of carbonyl (C=O) groups excluding carboxylic acids is 2. The molecular weight excluding hydrogens is 422 g/mol. The van der Waals surface area contributed by atoms with Gasteiger partial charge < -0.3 is 30.7 Å². The average molecular weight is 450 g/mol. The molecule has 1 aliphatic heterocycles. The Morgan fingerprint density at radius 3 is 2.52 bits per heavy atom. The third-order valence-electron chi connectivity index (χ3n) is 6.02. The molecule has 0 unspecified atom stereocenters. The number of hydrogen-bond acceptors (Lipinski definition) is 6. The fourth-order valence-corrected chi connectivity index (χ4v) is 3.87. The zero-order valence-electron chi connectivity index (χ0n) is 18.5. The lowest BCUT2D eigenvalue weighted by Crippen LogP contribution is -2.58. The number of benzene rings is 1. The molecule has 3 atom stereocenters. The molecule has 33 heavy (non-hydrogen) atoms. The number of aliphatic hydroxyl groups excluding tert-OH is 1. The number of aromatic nitrogens is 2. The summed E-state index contributed by atoms with van der Waals surface area (Å²) in [7, 11) is 0. The van der Waals surface area contributed by atoms with Gasteiger partial charge in [0.2, 0.25) is 0 Å². The number of amides is 2. The third-order valence-corrected chi connectivity index (χ3v) is 6.02. The van der Waals surface area contributed by atoms with Crippen LogP contribution in [0.1, 0.15) is 36.7 Å². The summed E-state index contributed by atoms with van der Waals surface area (Å²) in [5.41, 5.74) is 6.88. The molecule has 3 aromatic rings. The minimum atomic E-state index is -2.31. The minimum Gasteiger partial charge on any atom is -0.385 e. The van der Waals surface area contributed by atoms with Crippen molar-refractivity contribution < 1.29 is 19.8 Å². The van der Waals surface area contributed by atoms with Gasteiger partial charge in [0, 0.05) is 24.6 Å². The van der Waals surface area contributed by atoms with Crippen LogP contribution in [0.2, 0.25) is 0 Å². The summed E-state index contributed by atoms with van der Waals surface area (Å²) in [6.07, 6.45) is 1.56. The van der Waals surface area contributed by atoms with E-state index in [4.69, 9.17) is 5.73 Å². The van der Waals surface area contributed by atoms with Crippen molar-refractivity contribution in [2.24, 2.45) is 0 Å². The Kier molecular flexibility index (Phi) is 5.92. The van der Waals surface area contributed by atoms with E-state index in [9.17, 15) is 19.8 Å². The van der Waals surface area contributed by atoms with Gasteiger partial charge in [-0.25, -0.2) is 0 Å². The highest BCUT2D eigenvalue weighted by atomic mass is 16.4. The molecule has 172 valence electrons. The maximum Gasteiger partial charge on any atom is 0.255 e. The topological polar surface area (TPSA) is 134 Å². The Bertz CT molecular complexity index is 1150. The normalized spacial score (nSPS) is 16.5. The number of carbonyl (C=O) groups is 2. The highest BCUT2D eigenvalue weighted by molar-refractivity contribution is 5.94. The van der Waals surface area contributed by atoms with Crippen molar-refractivity contribution in [2.75, 3.05) is 5.73 Å². The summed E-state index contributed by atoms with van der Waals surface area (Å²) in [6, 6.07) is 14.2. The Hall–Kier alpha value is -3.69. The van der Waals surface area contributed by atoms with E-state index in [0.717, 1.165) is 29.4 Å². The summed E-state index contributed by atoms with van der Waals surface area (Å²) >= 11 is 0. The Morgan fingerprint density at radius 2 is 1.88 bits per heavy atom. The molecule has 0 aliphatic carbocycles. The van der Waals surface area contributed by atoms with Crippen LogP contribution in [0.4, 0.5) is 5.82 Å². The molecule has 0 spiro atoms. The largest absolute Gasteiger partial charge is 0.385 e. The molecule has 0 saturated heterocycles. The van der Waals surface area contributed by atoms with Crippen molar-refractivity contribution in [3.8, 4) is 5.69 Å². The maximum atomic E-state index is 12.8. The van der Waals surface area contributed by atoms with E-state index < -0.39 is 29.6 Å². The Balaban J connectivity index is 1.40. The van der Waals surface area contributed by atoms with E-state index in [1.807, 2.05) is 47.2 Å². The molecule has 2 amide bonds. The van der Waals surface area contributed by atoms with E-state index in [0.29, 0.717) is 5.82 Å². The van der Waals surface area contributed by atoms with Crippen LogP contribution in [0.5, 0.6) is 0 Å². The van der Waals surface area contributed by atoms with Gasteiger partial charge in [0.15, 0.2) is 11.7 Å². The van der Waals surface area contributed by atoms with Gasteiger partial charge in [-0.1, -0.05) is 18.2 Å². The Morgan fingerprint density at radius 1 is 1.15 bits per heavy atom. The first-order valence-corrected chi connectivity index (χ1v) is 10.6. The number of anilines is 1. The van der Waals surface area contributed by atoms with Gasteiger partial charge in [0.05, 0.1) is 18.3 Å². The fraction of sp³-hybridized carbons (Fsp3) is 0.292. The summed E-state index contributed by atoms with van der Waals surface area (Å²) in [5.74, 6) is -0.963. The number of nitrogen functional groups attached to an aromatic ring is 1. The first-order valence-electron chi connectivity index (χ1n) is 10.6. The van der Waals surface area contributed by atoms with Gasteiger partial charge in [0.1, 0.15) is 5.82 Å². The molecule has 4 rings (SSSR count). The number of pyridine rings is 1. The smallest absolute Gasteiger partial charge is 0.255 e. The first kappa shape index (κ1) is 22.5. The number of hydrogen-bond donors (Lipinski definition) is 4. The van der Waals surface area contributed by atoms with E-state index in [-0.39, 0.29) is 13.1 Å². The van der Waals surface area contributed by atoms with Crippen LogP contribution in [0, 0.1) is 0 Å². The molecule has 3 heterocycles. The second-order valence-electron chi connectivity index (χ2n) is 8.44. The summed E-state index contributed by atoms with van der Waals surface area (Å²) in [6.45, 7) is 3.38. The second-order valence-corrected chi connectivity index (χ2v) is 8.44. The maximum absolute atomic E-state index is 12.8. The van der Waals surface area contributed by atoms with Crippen LogP contribution >= 0.6 is 0 Å². The molecule has 5 N–H and O–H groups in total. The SMILES string of the molecule is C[C@@H](NC(=O)[C@](C)(O)[C@@H](O)C(=O)N1Cc2cccnc2C1)c1ccc(-n2cccc2N)cc1. The summed E-state index contributed by atoms with van der Waals surface area (Å²) in [4.78, 5) is 31.2. The first-order chi connectivity index (χ1) is 15.7. The van der Waals surface area contributed by atoms with Crippen molar-refractivity contribution in [3.63, 3.8) is 0 Å². The van der Waals surface area contributed by atoms with Gasteiger partial charge in [0.25, 0.3) is 11.8 Å². The van der Waals surface area contributed by atoms with Gasteiger partial charge >= 0.3 is 0 Å². The molecule has 0 radical (unpaired) electrons. The minimum absolute atomic E-state index is 0.221. The van der Waals surface area contributed by atoms with Gasteiger partial charge in [-0.15, -0.1) is 0 Å². The van der Waals surface area contributed by atoms with Gasteiger partial charge in [-0.05, 0) is 55.3 Å². The lowest BCUT2D eigenvalue weighted by molar-refractivity contribution is -0.166. The highest BCUT2D eigenvalue weighted by Gasteiger charge is 2.45. The molecule has 0 fully saturated rings. The van der Waals surface area contributed by atoms with Crippen molar-refractivity contribution in [1.82, 2.24) is 19.8 Å². The molecular formula is C24H27N5O4. The lowest BCUT2D eigenvalue weighted by atomic mass is 9.95. The predicted molar refractivity (Wildman–Crippen MR) is 122 cm³/mol. The zero-order chi connectivity index (χ0) is 23.8. The number of nitrogens with two attached hydrogens (primary N) is 1. The predicted octanol–water partition coefficient (Wildman–Crippen LogP) is 1.29. The van der Waals surface area contributed by atoms with E-state index >= 15 is 0 Å². The number of aliphatic hydroxyl groups is 2. The lowest BCUT2D eigenvalue weighted by Gasteiger charge is -2.31. The average Bonchev–Trinajstić information content (AvgIpc) is 3.44. The van der Waals surface area contributed by atoms with Crippen LogP contribution in [-0.2, 0) is 22.7 Å². The van der Waals surface area contributed by atoms with Crippen LogP contribution in [0.3, 0.4) is 0 Å². The second kappa shape index (κ2) is 8.68. The summed E-state index contributed by atoms with van der Waals surface area (Å²) in [5, 5.41) is 24.0. The fourth-order valence-electron chi connectivity index (χ4n) is 3.87. The van der Waals surface area contributed by atoms with Gasteiger partial charge in [-0.3, -0.25) is 14.6 Å². The van der Waals surface area contributed by atoms with Gasteiger partial charge in [-0.2, -0.15) is 0 Å². The van der Waals surface area contributed by atoms with Crippen molar-refractivity contribution in [3.05, 3.63) is 77.7 Å². The number of nitrogens with one attached hydrogen (secondary N) is 1. The third kappa shape index (κ3) is 4.33. The van der Waals surface area contributed by atoms with Crippen molar-refractivity contribution >= 4 is 17.6 Å². The molecule has 0 bridgehead atoms. The Labute approximate surface area is 191 Å². The van der Waals surface area contributed by atoms with Crippen LogP contribution < -0.4 is 11.1 Å². The molecule has 0 saturated carbocycles. The van der Waals surface area contributed by atoms with Crippen molar-refractivity contribution in [2.45, 2.75) is 44.7 Å². The summed E-state index contributed by atoms with van der Waals surface area (Å²) < 4.78 is 1.83. The van der Waals surface area contributed by atoms with Crippen molar-refractivity contribution in [1.29, 1.82) is 0 Å². The zero-order valence-corrected chi connectivity index (χ0v) is 18.5. The van der Waals surface area contributed by atoms with E-state index in [1.165, 1.54) is 4.90 Å². The van der Waals surface area contributed by atoms with Crippen LogP contribution in [-0.4, -0.2) is 48.2 Å². The molecule has 9 nitrogen and oxygen atoms in total. The number of rotatable bonds is 6. The monoisotopic (exact) mass is 449 g/mol. The molecule has 1 aromatic carbocycles. The molecule has 2 aromatic heterocycles. The van der Waals surface area contributed by atoms with Crippen LogP contribution in [0.25, 0.3) is 5.69 Å². The van der Waals surface area contributed by atoms with E-state index in [2.05, 4.69) is 10.3 Å². The van der Waals surface area contributed by atoms with E-state index in [1.54, 1.807) is 25.3 Å². The quantitative estimate of drug-likeness (QED) is 0.448. The number of nitrogens with zero attached hydrogens (tertiary/aromatic N) is 3.